The lowest BCUT2D eigenvalue weighted by atomic mass is 10.0. The van der Waals surface area contributed by atoms with E-state index in [-0.39, 0.29) is 5.91 Å². The molecule has 1 aromatic rings. The second kappa shape index (κ2) is 8.79. The number of methoxy groups -OCH3 is 1. The molecule has 0 radical (unpaired) electrons. The minimum atomic E-state index is 0.146. The van der Waals surface area contributed by atoms with Gasteiger partial charge in [-0.05, 0) is 43.4 Å². The van der Waals surface area contributed by atoms with Crippen molar-refractivity contribution in [2.45, 2.75) is 32.6 Å². The molecule has 1 saturated heterocycles. The van der Waals surface area contributed by atoms with E-state index in [1.807, 2.05) is 24.3 Å². The largest absolute Gasteiger partial charge is 0.496 e. The topological polar surface area (TPSA) is 41.6 Å². The minimum Gasteiger partial charge on any atom is -0.496 e. The molecule has 4 nitrogen and oxygen atoms in total. The number of hydrogen-bond donors (Lipinski definition) is 1. The molecule has 1 N–H and O–H groups in total. The number of carbonyl (C=O) groups excluding carboxylic acids is 1. The van der Waals surface area contributed by atoms with E-state index in [4.69, 9.17) is 4.74 Å². The number of amides is 1. The van der Waals surface area contributed by atoms with E-state index in [0.717, 1.165) is 43.3 Å². The van der Waals surface area contributed by atoms with E-state index in [2.05, 4.69) is 17.1 Å². The van der Waals surface area contributed by atoms with Gasteiger partial charge in [0.05, 0.1) is 7.11 Å². The SMILES string of the molecule is COc1ccccc1CCNC(=O)CCN1CCCC(C)C1. The summed E-state index contributed by atoms with van der Waals surface area (Å²) in [6.07, 6.45) is 3.98. The number of para-hydroxylation sites is 1. The van der Waals surface area contributed by atoms with Crippen LogP contribution in [0.3, 0.4) is 0 Å². The molecule has 0 saturated carbocycles. The predicted octanol–water partition coefficient (Wildman–Crippen LogP) is 2.48. The molecule has 0 spiro atoms. The van der Waals surface area contributed by atoms with Crippen molar-refractivity contribution in [1.29, 1.82) is 0 Å². The first kappa shape index (κ1) is 16.8. The second-order valence-electron chi connectivity index (χ2n) is 6.21. The first-order chi connectivity index (χ1) is 10.7. The maximum absolute atomic E-state index is 11.9. The summed E-state index contributed by atoms with van der Waals surface area (Å²) >= 11 is 0. The Balaban J connectivity index is 1.65. The summed E-state index contributed by atoms with van der Waals surface area (Å²) in [5.41, 5.74) is 1.13. The van der Waals surface area contributed by atoms with Crippen LogP contribution in [0.25, 0.3) is 0 Å². The summed E-state index contributed by atoms with van der Waals surface area (Å²) in [5.74, 6) is 1.80. The summed E-state index contributed by atoms with van der Waals surface area (Å²) in [5, 5.41) is 3.01. The zero-order valence-corrected chi connectivity index (χ0v) is 13.8. The van der Waals surface area contributed by atoms with Crippen LogP contribution in [0.15, 0.2) is 24.3 Å². The molecule has 4 heteroatoms. The van der Waals surface area contributed by atoms with Gasteiger partial charge in [0.25, 0.3) is 0 Å². The summed E-state index contributed by atoms with van der Waals surface area (Å²) in [7, 11) is 1.68. The number of rotatable bonds is 7. The van der Waals surface area contributed by atoms with Crippen molar-refractivity contribution >= 4 is 5.91 Å². The number of benzene rings is 1. The Morgan fingerprint density at radius 2 is 2.23 bits per heavy atom. The van der Waals surface area contributed by atoms with Gasteiger partial charge in [0.15, 0.2) is 0 Å². The third-order valence-electron chi connectivity index (χ3n) is 4.31. The summed E-state index contributed by atoms with van der Waals surface area (Å²) in [6.45, 7) is 6.10. The number of piperidine rings is 1. The molecule has 1 aliphatic heterocycles. The first-order valence-corrected chi connectivity index (χ1v) is 8.30. The van der Waals surface area contributed by atoms with Crippen LogP contribution in [-0.2, 0) is 11.2 Å². The standard InChI is InChI=1S/C18H28N2O2/c1-15-6-5-12-20(14-15)13-10-18(21)19-11-9-16-7-3-4-8-17(16)22-2/h3-4,7-8,15H,5-6,9-14H2,1-2H3,(H,19,21). The average Bonchev–Trinajstić information content (AvgIpc) is 2.53. The molecular weight excluding hydrogens is 276 g/mol. The molecule has 0 aromatic heterocycles. The molecule has 0 aliphatic carbocycles. The van der Waals surface area contributed by atoms with E-state index in [0.29, 0.717) is 13.0 Å². The Labute approximate surface area is 133 Å². The lowest BCUT2D eigenvalue weighted by Gasteiger charge is -2.30. The van der Waals surface area contributed by atoms with Gasteiger partial charge in [-0.2, -0.15) is 0 Å². The van der Waals surface area contributed by atoms with Crippen LogP contribution in [0.1, 0.15) is 31.7 Å². The highest BCUT2D eigenvalue weighted by Gasteiger charge is 2.16. The Morgan fingerprint density at radius 3 is 3.00 bits per heavy atom. The van der Waals surface area contributed by atoms with Gasteiger partial charge < -0.3 is 15.0 Å². The first-order valence-electron chi connectivity index (χ1n) is 8.30. The maximum Gasteiger partial charge on any atom is 0.221 e. The van der Waals surface area contributed by atoms with E-state index < -0.39 is 0 Å². The number of nitrogens with one attached hydrogen (secondary N) is 1. The molecule has 1 heterocycles. The van der Waals surface area contributed by atoms with Crippen molar-refractivity contribution in [3.05, 3.63) is 29.8 Å². The van der Waals surface area contributed by atoms with E-state index >= 15 is 0 Å². The number of ether oxygens (including phenoxy) is 1. The van der Waals surface area contributed by atoms with Crippen molar-refractivity contribution in [1.82, 2.24) is 10.2 Å². The smallest absolute Gasteiger partial charge is 0.221 e. The van der Waals surface area contributed by atoms with Crippen LogP contribution in [0.4, 0.5) is 0 Å². The third kappa shape index (κ3) is 5.34. The highest BCUT2D eigenvalue weighted by atomic mass is 16.5. The molecule has 1 unspecified atom stereocenters. The van der Waals surface area contributed by atoms with E-state index in [1.54, 1.807) is 7.11 Å². The van der Waals surface area contributed by atoms with Crippen molar-refractivity contribution < 1.29 is 9.53 Å². The minimum absolute atomic E-state index is 0.146. The molecular formula is C18H28N2O2. The molecule has 1 atom stereocenters. The Bertz CT molecular complexity index is 476. The van der Waals surface area contributed by atoms with Gasteiger partial charge in [0.1, 0.15) is 5.75 Å². The van der Waals surface area contributed by atoms with Crippen LogP contribution < -0.4 is 10.1 Å². The molecule has 1 aromatic carbocycles. The van der Waals surface area contributed by atoms with E-state index in [9.17, 15) is 4.79 Å². The Morgan fingerprint density at radius 1 is 1.41 bits per heavy atom. The fourth-order valence-corrected chi connectivity index (χ4v) is 3.08. The van der Waals surface area contributed by atoms with Crippen molar-refractivity contribution in [3.63, 3.8) is 0 Å². The van der Waals surface area contributed by atoms with Gasteiger partial charge in [-0.25, -0.2) is 0 Å². The highest BCUT2D eigenvalue weighted by Crippen LogP contribution is 2.17. The van der Waals surface area contributed by atoms with Crippen LogP contribution in [0.2, 0.25) is 0 Å². The zero-order valence-electron chi connectivity index (χ0n) is 13.8. The summed E-state index contributed by atoms with van der Waals surface area (Å²) in [6, 6.07) is 7.95. The number of likely N-dealkylation sites (tertiary alicyclic amines) is 1. The lowest BCUT2D eigenvalue weighted by molar-refractivity contribution is -0.121. The number of carbonyl (C=O) groups is 1. The van der Waals surface area contributed by atoms with Crippen LogP contribution in [0.5, 0.6) is 5.75 Å². The fraction of sp³-hybridized carbons (Fsp3) is 0.611. The van der Waals surface area contributed by atoms with Crippen LogP contribution >= 0.6 is 0 Å². The lowest BCUT2D eigenvalue weighted by Crippen LogP contribution is -2.37. The fourth-order valence-electron chi connectivity index (χ4n) is 3.08. The number of nitrogens with zero attached hydrogens (tertiary/aromatic N) is 1. The van der Waals surface area contributed by atoms with Gasteiger partial charge in [-0.1, -0.05) is 25.1 Å². The molecule has 22 heavy (non-hydrogen) atoms. The van der Waals surface area contributed by atoms with Crippen LogP contribution in [0, 0.1) is 5.92 Å². The number of hydrogen-bond acceptors (Lipinski definition) is 3. The maximum atomic E-state index is 11.9. The average molecular weight is 304 g/mol. The molecule has 1 fully saturated rings. The van der Waals surface area contributed by atoms with Gasteiger partial charge >= 0.3 is 0 Å². The van der Waals surface area contributed by atoms with Crippen LogP contribution in [-0.4, -0.2) is 44.1 Å². The van der Waals surface area contributed by atoms with E-state index in [1.165, 1.54) is 12.8 Å². The quantitative estimate of drug-likeness (QED) is 0.841. The monoisotopic (exact) mass is 304 g/mol. The molecule has 2 rings (SSSR count). The molecule has 1 amide bonds. The highest BCUT2D eigenvalue weighted by molar-refractivity contribution is 5.76. The van der Waals surface area contributed by atoms with Gasteiger partial charge in [-0.15, -0.1) is 0 Å². The van der Waals surface area contributed by atoms with Gasteiger partial charge in [0.2, 0.25) is 5.91 Å². The van der Waals surface area contributed by atoms with Gasteiger partial charge in [-0.3, -0.25) is 4.79 Å². The van der Waals surface area contributed by atoms with Crippen molar-refractivity contribution in [2.24, 2.45) is 5.92 Å². The van der Waals surface area contributed by atoms with Crippen molar-refractivity contribution in [2.75, 3.05) is 33.3 Å². The summed E-state index contributed by atoms with van der Waals surface area (Å²) < 4.78 is 5.32. The third-order valence-corrected chi connectivity index (χ3v) is 4.31. The predicted molar refractivity (Wildman–Crippen MR) is 89.2 cm³/mol. The normalized spacial score (nSPS) is 18.9. The van der Waals surface area contributed by atoms with Crippen molar-refractivity contribution in [3.8, 4) is 5.75 Å². The summed E-state index contributed by atoms with van der Waals surface area (Å²) in [4.78, 5) is 14.4. The molecule has 0 bridgehead atoms. The zero-order chi connectivity index (χ0) is 15.8. The second-order valence-corrected chi connectivity index (χ2v) is 6.21. The Hall–Kier alpha value is -1.55. The molecule has 122 valence electrons. The Kier molecular flexibility index (Phi) is 6.72. The molecule has 1 aliphatic rings. The van der Waals surface area contributed by atoms with Gasteiger partial charge in [0, 0.05) is 26.1 Å².